The van der Waals surface area contributed by atoms with Crippen molar-refractivity contribution in [3.63, 3.8) is 0 Å². The van der Waals surface area contributed by atoms with E-state index < -0.39 is 12.1 Å². The van der Waals surface area contributed by atoms with Crippen molar-refractivity contribution in [2.24, 2.45) is 0 Å². The number of benzene rings is 1. The Bertz CT molecular complexity index is 461. The van der Waals surface area contributed by atoms with Crippen molar-refractivity contribution in [3.05, 3.63) is 35.9 Å². The average Bonchev–Trinajstić information content (AvgIpc) is 2.59. The fourth-order valence-corrected chi connectivity index (χ4v) is 2.22. The van der Waals surface area contributed by atoms with Crippen molar-refractivity contribution in [2.45, 2.75) is 44.9 Å². The molecule has 5 nitrogen and oxygen atoms in total. The SMILES string of the molecule is C[C@H]1CCC[C@@H](NC(=O)OCc2ccccc2)C(=O)N1. The highest BCUT2D eigenvalue weighted by Crippen LogP contribution is 2.10. The molecule has 1 aliphatic rings. The maximum atomic E-state index is 11.9. The van der Waals surface area contributed by atoms with Gasteiger partial charge in [-0.3, -0.25) is 4.79 Å². The monoisotopic (exact) mass is 276 g/mol. The minimum absolute atomic E-state index is 0.133. The minimum Gasteiger partial charge on any atom is -0.445 e. The van der Waals surface area contributed by atoms with Crippen LogP contribution in [0, 0.1) is 0 Å². The topological polar surface area (TPSA) is 67.4 Å². The number of nitrogens with one attached hydrogen (secondary N) is 2. The molecule has 0 bridgehead atoms. The van der Waals surface area contributed by atoms with E-state index >= 15 is 0 Å². The van der Waals surface area contributed by atoms with Gasteiger partial charge in [0.25, 0.3) is 0 Å². The van der Waals surface area contributed by atoms with Gasteiger partial charge in [-0.1, -0.05) is 30.3 Å². The molecule has 20 heavy (non-hydrogen) atoms. The normalized spacial score (nSPS) is 22.6. The van der Waals surface area contributed by atoms with Gasteiger partial charge in [-0.05, 0) is 31.7 Å². The summed E-state index contributed by atoms with van der Waals surface area (Å²) < 4.78 is 5.12. The Morgan fingerprint density at radius 2 is 2.10 bits per heavy atom. The lowest BCUT2D eigenvalue weighted by molar-refractivity contribution is -0.123. The molecule has 2 rings (SSSR count). The van der Waals surface area contributed by atoms with Crippen LogP contribution in [0.4, 0.5) is 4.79 Å². The summed E-state index contributed by atoms with van der Waals surface area (Å²) in [6, 6.07) is 9.10. The highest BCUT2D eigenvalue weighted by molar-refractivity contribution is 5.85. The van der Waals surface area contributed by atoms with E-state index in [1.807, 2.05) is 37.3 Å². The number of carbonyl (C=O) groups is 2. The van der Waals surface area contributed by atoms with E-state index in [9.17, 15) is 9.59 Å². The number of hydrogen-bond donors (Lipinski definition) is 2. The average molecular weight is 276 g/mol. The predicted molar refractivity (Wildman–Crippen MR) is 75.0 cm³/mol. The lowest BCUT2D eigenvalue weighted by Crippen LogP contribution is -2.47. The molecular weight excluding hydrogens is 256 g/mol. The van der Waals surface area contributed by atoms with Gasteiger partial charge in [0.05, 0.1) is 0 Å². The summed E-state index contributed by atoms with van der Waals surface area (Å²) >= 11 is 0. The molecule has 0 aliphatic carbocycles. The standard InChI is InChI=1S/C15H20N2O3/c1-11-6-5-9-13(14(18)16-11)17-15(19)20-10-12-7-3-2-4-8-12/h2-4,7-8,11,13H,5-6,9-10H2,1H3,(H,16,18)(H,17,19)/t11-,13+/m0/s1. The Morgan fingerprint density at radius 3 is 2.85 bits per heavy atom. The van der Waals surface area contributed by atoms with Crippen LogP contribution >= 0.6 is 0 Å². The number of hydrogen-bond acceptors (Lipinski definition) is 3. The van der Waals surface area contributed by atoms with Gasteiger partial charge < -0.3 is 15.4 Å². The first-order valence-electron chi connectivity index (χ1n) is 6.93. The van der Waals surface area contributed by atoms with Crippen LogP contribution in [0.2, 0.25) is 0 Å². The summed E-state index contributed by atoms with van der Waals surface area (Å²) in [5, 5.41) is 5.49. The smallest absolute Gasteiger partial charge is 0.408 e. The van der Waals surface area contributed by atoms with Crippen LogP contribution in [0.15, 0.2) is 30.3 Å². The molecule has 1 fully saturated rings. The van der Waals surface area contributed by atoms with Crippen LogP contribution in [0.3, 0.4) is 0 Å². The third-order valence-electron chi connectivity index (χ3n) is 3.34. The van der Waals surface area contributed by atoms with Crippen LogP contribution in [-0.2, 0) is 16.1 Å². The highest BCUT2D eigenvalue weighted by Gasteiger charge is 2.25. The molecule has 5 heteroatoms. The quantitative estimate of drug-likeness (QED) is 0.887. The van der Waals surface area contributed by atoms with Crippen molar-refractivity contribution < 1.29 is 14.3 Å². The van der Waals surface area contributed by atoms with Gasteiger partial charge >= 0.3 is 6.09 Å². The van der Waals surface area contributed by atoms with Crippen LogP contribution in [0.5, 0.6) is 0 Å². The third-order valence-corrected chi connectivity index (χ3v) is 3.34. The van der Waals surface area contributed by atoms with Crippen LogP contribution in [0.1, 0.15) is 31.7 Å². The number of ether oxygens (including phenoxy) is 1. The highest BCUT2D eigenvalue weighted by atomic mass is 16.5. The van der Waals surface area contributed by atoms with Gasteiger partial charge in [0.2, 0.25) is 5.91 Å². The van der Waals surface area contributed by atoms with E-state index in [4.69, 9.17) is 4.74 Å². The Hall–Kier alpha value is -2.04. The molecule has 1 aliphatic heterocycles. The summed E-state index contributed by atoms with van der Waals surface area (Å²) in [5.74, 6) is -0.133. The molecule has 2 amide bonds. The Morgan fingerprint density at radius 1 is 1.35 bits per heavy atom. The summed E-state index contributed by atoms with van der Waals surface area (Å²) in [7, 11) is 0. The lowest BCUT2D eigenvalue weighted by Gasteiger charge is -2.16. The Balaban J connectivity index is 1.80. The molecule has 0 radical (unpaired) electrons. The van der Waals surface area contributed by atoms with Crippen molar-refractivity contribution >= 4 is 12.0 Å². The van der Waals surface area contributed by atoms with Crippen LogP contribution < -0.4 is 10.6 Å². The van der Waals surface area contributed by atoms with E-state index in [2.05, 4.69) is 10.6 Å². The van der Waals surface area contributed by atoms with Crippen molar-refractivity contribution in [1.29, 1.82) is 0 Å². The molecule has 1 aromatic carbocycles. The number of alkyl carbamates (subject to hydrolysis) is 1. The zero-order chi connectivity index (χ0) is 14.4. The Kier molecular flexibility index (Phi) is 4.98. The number of rotatable bonds is 3. The molecule has 0 spiro atoms. The van der Waals surface area contributed by atoms with Gasteiger partial charge in [0.15, 0.2) is 0 Å². The largest absolute Gasteiger partial charge is 0.445 e. The summed E-state index contributed by atoms with van der Waals surface area (Å²) in [6.45, 7) is 2.17. The van der Waals surface area contributed by atoms with Gasteiger partial charge in [0, 0.05) is 6.04 Å². The summed E-state index contributed by atoms with van der Waals surface area (Å²) in [4.78, 5) is 23.6. The Labute approximate surface area is 118 Å². The molecule has 1 saturated heterocycles. The number of amides is 2. The second-order valence-corrected chi connectivity index (χ2v) is 5.10. The molecule has 2 N–H and O–H groups in total. The molecule has 1 aromatic rings. The molecule has 1 heterocycles. The molecule has 0 aromatic heterocycles. The fourth-order valence-electron chi connectivity index (χ4n) is 2.22. The molecule has 108 valence electrons. The van der Waals surface area contributed by atoms with Crippen LogP contribution in [0.25, 0.3) is 0 Å². The van der Waals surface area contributed by atoms with E-state index in [1.165, 1.54) is 0 Å². The molecule has 2 atom stereocenters. The van der Waals surface area contributed by atoms with Crippen molar-refractivity contribution in [1.82, 2.24) is 10.6 Å². The first-order chi connectivity index (χ1) is 9.65. The van der Waals surface area contributed by atoms with Gasteiger partial charge in [-0.15, -0.1) is 0 Å². The van der Waals surface area contributed by atoms with Gasteiger partial charge in [-0.25, -0.2) is 4.79 Å². The van der Waals surface area contributed by atoms with E-state index in [1.54, 1.807) is 0 Å². The van der Waals surface area contributed by atoms with Gasteiger partial charge in [-0.2, -0.15) is 0 Å². The molecule has 0 saturated carbocycles. The van der Waals surface area contributed by atoms with Crippen molar-refractivity contribution in [3.8, 4) is 0 Å². The van der Waals surface area contributed by atoms with Gasteiger partial charge in [0.1, 0.15) is 12.6 Å². The molecular formula is C15H20N2O3. The zero-order valence-corrected chi connectivity index (χ0v) is 11.6. The maximum Gasteiger partial charge on any atom is 0.408 e. The molecule has 0 unspecified atom stereocenters. The van der Waals surface area contributed by atoms with E-state index in [0.717, 1.165) is 18.4 Å². The summed E-state index contributed by atoms with van der Waals surface area (Å²) in [5.41, 5.74) is 0.918. The third kappa shape index (κ3) is 4.26. The lowest BCUT2D eigenvalue weighted by atomic mass is 10.1. The minimum atomic E-state index is -0.552. The predicted octanol–water partition coefficient (Wildman–Crippen LogP) is 1.97. The van der Waals surface area contributed by atoms with E-state index in [0.29, 0.717) is 6.42 Å². The first kappa shape index (κ1) is 14.4. The second kappa shape index (κ2) is 6.93. The van der Waals surface area contributed by atoms with E-state index in [-0.39, 0.29) is 18.6 Å². The zero-order valence-electron chi connectivity index (χ0n) is 11.6. The second-order valence-electron chi connectivity index (χ2n) is 5.10. The fraction of sp³-hybridized carbons (Fsp3) is 0.467. The van der Waals surface area contributed by atoms with Crippen LogP contribution in [-0.4, -0.2) is 24.1 Å². The summed E-state index contributed by atoms with van der Waals surface area (Å²) in [6.07, 6.45) is 1.94. The first-order valence-corrected chi connectivity index (χ1v) is 6.93. The maximum absolute atomic E-state index is 11.9. The number of carbonyl (C=O) groups excluding carboxylic acids is 2. The van der Waals surface area contributed by atoms with Crippen molar-refractivity contribution in [2.75, 3.05) is 0 Å².